The number of halogens is 5. The predicted molar refractivity (Wildman–Crippen MR) is 152 cm³/mol. The molecule has 2 aromatic heterocycles. The summed E-state index contributed by atoms with van der Waals surface area (Å²) < 4.78 is 45.2. The molecule has 1 spiro atoms. The summed E-state index contributed by atoms with van der Waals surface area (Å²) in [5.74, 6) is -2.59. The second kappa shape index (κ2) is 11.3. The third kappa shape index (κ3) is 5.78. The van der Waals surface area contributed by atoms with Gasteiger partial charge in [0.25, 0.3) is 5.91 Å². The lowest BCUT2D eigenvalue weighted by Crippen LogP contribution is -2.52. The summed E-state index contributed by atoms with van der Waals surface area (Å²) in [6, 6.07) is -1.30. The lowest BCUT2D eigenvalue weighted by atomic mass is 9.68. The fourth-order valence-electron chi connectivity index (χ4n) is 6.94. The number of carbonyl (C=O) groups is 3. The Labute approximate surface area is 257 Å². The van der Waals surface area contributed by atoms with Gasteiger partial charge in [-0.3, -0.25) is 24.0 Å². The van der Waals surface area contributed by atoms with Gasteiger partial charge in [0, 0.05) is 18.4 Å². The number of rotatable bonds is 9. The number of carbonyl (C=O) groups excluding carboxylic acids is 2. The Morgan fingerprint density at radius 1 is 1.12 bits per heavy atom. The fraction of sp³-hybridized carbons (Fsp3) is 0.621. The van der Waals surface area contributed by atoms with Crippen LogP contribution in [-0.2, 0) is 11.0 Å². The first-order chi connectivity index (χ1) is 20.1. The molecule has 0 saturated heterocycles. The average molecular weight is 645 g/mol. The highest BCUT2D eigenvalue weighted by molar-refractivity contribution is 6.39. The van der Waals surface area contributed by atoms with Crippen molar-refractivity contribution in [3.63, 3.8) is 0 Å². The number of aryl methyl sites for hydroxylation is 1. The number of nitrogens with one attached hydrogen (secondary N) is 1. The molecule has 14 heteroatoms. The molecule has 2 N–H and O–H groups in total. The number of aromatic nitrogens is 3. The largest absolute Gasteiger partial charge is 0.480 e. The highest BCUT2D eigenvalue weighted by Crippen LogP contribution is 2.64. The van der Waals surface area contributed by atoms with Crippen LogP contribution in [0.4, 0.5) is 13.2 Å². The Hall–Kier alpha value is -2.70. The molecule has 0 aliphatic heterocycles. The van der Waals surface area contributed by atoms with Crippen LogP contribution in [0.5, 0.6) is 0 Å². The summed E-state index contributed by atoms with van der Waals surface area (Å²) in [4.78, 5) is 44.6. The predicted octanol–water partition coefficient (Wildman–Crippen LogP) is 5.97. The van der Waals surface area contributed by atoms with Crippen molar-refractivity contribution in [1.29, 1.82) is 0 Å². The zero-order chi connectivity index (χ0) is 31.5. The van der Waals surface area contributed by atoms with Gasteiger partial charge in [0.15, 0.2) is 11.5 Å². The van der Waals surface area contributed by atoms with Gasteiger partial charge in [-0.15, -0.1) is 0 Å². The van der Waals surface area contributed by atoms with Gasteiger partial charge in [0.2, 0.25) is 0 Å². The van der Waals surface area contributed by atoms with Crippen LogP contribution in [0.3, 0.4) is 0 Å². The van der Waals surface area contributed by atoms with Gasteiger partial charge in [-0.1, -0.05) is 23.2 Å². The number of amides is 1. The highest BCUT2D eigenvalue weighted by atomic mass is 35.5. The number of carboxylic acid groups (broad SMARTS) is 1. The van der Waals surface area contributed by atoms with Crippen LogP contribution in [0, 0.1) is 18.3 Å². The number of alkyl halides is 3. The number of carboxylic acids is 1. The van der Waals surface area contributed by atoms with Crippen molar-refractivity contribution in [3.8, 4) is 0 Å². The third-order valence-corrected chi connectivity index (χ3v) is 10.4. The number of Topliss-reactive ketones (excluding diaryl/α,β-unsaturated/α-hetero) is 1. The van der Waals surface area contributed by atoms with Crippen molar-refractivity contribution in [2.45, 2.75) is 89.0 Å². The molecule has 3 aliphatic carbocycles. The van der Waals surface area contributed by atoms with Crippen molar-refractivity contribution >= 4 is 40.9 Å². The minimum Gasteiger partial charge on any atom is -0.480 e. The Kier molecular flexibility index (Phi) is 8.36. The van der Waals surface area contributed by atoms with Gasteiger partial charge < -0.3 is 15.3 Å². The molecule has 0 aromatic carbocycles. The molecule has 9 nitrogen and oxygen atoms in total. The van der Waals surface area contributed by atoms with Gasteiger partial charge in [-0.25, -0.2) is 0 Å². The second-order valence-corrected chi connectivity index (χ2v) is 13.2. The molecule has 2 heterocycles. The number of pyridine rings is 1. The summed E-state index contributed by atoms with van der Waals surface area (Å²) in [5.41, 5.74) is -2.94. The molecule has 1 atom stereocenters. The van der Waals surface area contributed by atoms with Crippen LogP contribution < -0.4 is 5.32 Å². The van der Waals surface area contributed by atoms with E-state index < -0.39 is 59.3 Å². The third-order valence-electron chi connectivity index (χ3n) is 9.84. The number of nitrogens with zero attached hydrogens (tertiary/aromatic N) is 4. The number of hydrogen-bond donors (Lipinski definition) is 2. The van der Waals surface area contributed by atoms with E-state index in [9.17, 15) is 32.7 Å². The highest BCUT2D eigenvalue weighted by Gasteiger charge is 2.55. The van der Waals surface area contributed by atoms with E-state index >= 15 is 0 Å². The van der Waals surface area contributed by atoms with Gasteiger partial charge >= 0.3 is 12.1 Å². The first-order valence-electron chi connectivity index (χ1n) is 14.3. The number of ketones is 1. The maximum absolute atomic E-state index is 14.8. The standard InChI is InChI=1S/C29H34Cl2F3N5O4/c1-15-22(24(29(32,33)34)39(37-15)18-4-6-28(35-3,7-5-18)26(42)43)25(41)38(16(2)17-10-27(11-17)8-9-27)14-21(40)23-19(30)12-36-13-20(23)31/h12-13,16-18,35H,4-11,14H2,1-3H3,(H,42,43). The van der Waals surface area contributed by atoms with E-state index in [1.807, 2.05) is 0 Å². The van der Waals surface area contributed by atoms with Crippen LogP contribution in [0.25, 0.3) is 0 Å². The van der Waals surface area contributed by atoms with Crippen molar-refractivity contribution in [1.82, 2.24) is 25.0 Å². The molecule has 234 valence electrons. The van der Waals surface area contributed by atoms with E-state index in [1.54, 1.807) is 6.92 Å². The maximum Gasteiger partial charge on any atom is 0.433 e. The summed E-state index contributed by atoms with van der Waals surface area (Å²) in [7, 11) is 1.51. The Balaban J connectivity index is 1.51. The molecule has 43 heavy (non-hydrogen) atoms. The topological polar surface area (TPSA) is 117 Å². The van der Waals surface area contributed by atoms with Crippen LogP contribution in [0.1, 0.15) is 96.4 Å². The average Bonchev–Trinajstić information content (AvgIpc) is 3.65. The number of aliphatic carboxylic acids is 1. The molecule has 5 rings (SSSR count). The van der Waals surface area contributed by atoms with Gasteiger partial charge in [-0.05, 0) is 83.6 Å². The summed E-state index contributed by atoms with van der Waals surface area (Å²) >= 11 is 12.4. The van der Waals surface area contributed by atoms with E-state index in [0.29, 0.717) is 0 Å². The second-order valence-electron chi connectivity index (χ2n) is 12.4. The van der Waals surface area contributed by atoms with Crippen LogP contribution in [-0.4, -0.2) is 67.6 Å². The molecule has 2 aromatic rings. The van der Waals surface area contributed by atoms with Crippen LogP contribution in [0.2, 0.25) is 10.0 Å². The SMILES string of the molecule is CNC1(C(=O)O)CCC(n2nc(C)c(C(=O)N(CC(=O)c3c(Cl)cncc3Cl)C(C)C3CC4(CC4)C3)c2C(F)(F)F)CC1. The first-order valence-corrected chi connectivity index (χ1v) is 15.1. The fourth-order valence-corrected chi connectivity index (χ4v) is 7.51. The number of likely N-dealkylation sites (N-methyl/N-ethyl adjacent to an activating group) is 1. The zero-order valence-electron chi connectivity index (χ0n) is 24.1. The minimum atomic E-state index is -4.94. The van der Waals surface area contributed by atoms with E-state index in [1.165, 1.54) is 31.3 Å². The van der Waals surface area contributed by atoms with Crippen LogP contribution >= 0.6 is 23.2 Å². The Morgan fingerprint density at radius 3 is 2.19 bits per heavy atom. The quantitative estimate of drug-likeness (QED) is 0.323. The molecule has 1 unspecified atom stereocenters. The van der Waals surface area contributed by atoms with Crippen molar-refractivity contribution in [2.24, 2.45) is 11.3 Å². The van der Waals surface area contributed by atoms with Crippen molar-refractivity contribution < 1.29 is 32.7 Å². The summed E-state index contributed by atoms with van der Waals surface area (Å²) in [6.45, 7) is 2.58. The minimum absolute atomic E-state index is 0.0191. The molecule has 0 bridgehead atoms. The van der Waals surface area contributed by atoms with Gasteiger partial charge in [0.05, 0.1) is 39.5 Å². The molecule has 3 saturated carbocycles. The van der Waals surface area contributed by atoms with E-state index in [4.69, 9.17) is 23.2 Å². The van der Waals surface area contributed by atoms with E-state index in [-0.39, 0.29) is 58.3 Å². The van der Waals surface area contributed by atoms with Crippen molar-refractivity contribution in [3.05, 3.63) is 45.0 Å². The Morgan fingerprint density at radius 2 is 1.70 bits per heavy atom. The molecule has 3 aliphatic rings. The zero-order valence-corrected chi connectivity index (χ0v) is 25.6. The normalized spacial score (nSPS) is 24.0. The first kappa shape index (κ1) is 31.7. The van der Waals surface area contributed by atoms with E-state index in [0.717, 1.165) is 30.4 Å². The Bertz CT molecular complexity index is 1420. The molecular weight excluding hydrogens is 610 g/mol. The van der Waals surface area contributed by atoms with Crippen molar-refractivity contribution in [2.75, 3.05) is 13.6 Å². The molecular formula is C29H34Cl2F3N5O4. The summed E-state index contributed by atoms with van der Waals surface area (Å²) in [5, 5.41) is 16.7. The van der Waals surface area contributed by atoms with Crippen LogP contribution in [0.15, 0.2) is 12.4 Å². The summed E-state index contributed by atoms with van der Waals surface area (Å²) in [6.07, 6.45) is 1.83. The smallest absolute Gasteiger partial charge is 0.433 e. The number of hydrogen-bond acceptors (Lipinski definition) is 6. The monoisotopic (exact) mass is 643 g/mol. The lowest BCUT2D eigenvalue weighted by Gasteiger charge is -2.44. The van der Waals surface area contributed by atoms with Gasteiger partial charge in [-0.2, -0.15) is 18.3 Å². The van der Waals surface area contributed by atoms with Gasteiger partial charge in [0.1, 0.15) is 5.54 Å². The molecule has 3 fully saturated rings. The maximum atomic E-state index is 14.8. The lowest BCUT2D eigenvalue weighted by molar-refractivity contribution is -0.149. The molecule has 0 radical (unpaired) electrons. The van der Waals surface area contributed by atoms with E-state index in [2.05, 4.69) is 15.4 Å². The molecule has 1 amide bonds.